The Morgan fingerprint density at radius 3 is 2.65 bits per heavy atom. The van der Waals surface area contributed by atoms with Crippen molar-refractivity contribution in [2.24, 2.45) is 0 Å². The highest BCUT2D eigenvalue weighted by atomic mass is 35.5. The molecule has 2 aromatic rings. The van der Waals surface area contributed by atoms with Crippen LogP contribution in [0.4, 0.5) is 0 Å². The van der Waals surface area contributed by atoms with Crippen molar-refractivity contribution in [2.75, 3.05) is 20.3 Å². The molecular weight excluding hydrogens is 320 g/mol. The Bertz CT molecular complexity index is 650. The minimum atomic E-state index is -0.463. The highest BCUT2D eigenvalue weighted by Gasteiger charge is 2.09. The maximum Gasteiger partial charge on any atom is 0.338 e. The van der Waals surface area contributed by atoms with Crippen LogP contribution in [0.1, 0.15) is 20.7 Å². The molecule has 1 amide bonds. The van der Waals surface area contributed by atoms with Crippen molar-refractivity contribution in [3.63, 3.8) is 0 Å². The number of aromatic nitrogens is 1. The molecule has 1 N–H and O–H groups in total. The van der Waals surface area contributed by atoms with E-state index in [9.17, 15) is 9.59 Å². The zero-order valence-electron chi connectivity index (χ0n) is 12.5. The number of carbonyl (C=O) groups is 2. The number of halogens is 1. The van der Waals surface area contributed by atoms with Crippen molar-refractivity contribution in [1.29, 1.82) is 0 Å². The van der Waals surface area contributed by atoms with Gasteiger partial charge in [0.15, 0.2) is 0 Å². The molecule has 0 spiro atoms. The first kappa shape index (κ1) is 18.4. The summed E-state index contributed by atoms with van der Waals surface area (Å²) in [6.07, 6.45) is 3.06. The number of hydrogen-bond donors (Lipinski definition) is 1. The van der Waals surface area contributed by atoms with Crippen molar-refractivity contribution < 1.29 is 31.5 Å². The van der Waals surface area contributed by atoms with Crippen molar-refractivity contribution in [3.8, 4) is 5.75 Å². The Morgan fingerprint density at radius 2 is 1.96 bits per heavy atom. The van der Waals surface area contributed by atoms with E-state index in [0.29, 0.717) is 16.9 Å². The summed E-state index contributed by atoms with van der Waals surface area (Å²) in [5.74, 6) is -0.139. The van der Waals surface area contributed by atoms with E-state index < -0.39 is 5.97 Å². The van der Waals surface area contributed by atoms with Gasteiger partial charge in [-0.15, -0.1) is 0 Å². The summed E-state index contributed by atoms with van der Waals surface area (Å²) in [5.41, 5.74) is 0.861. The number of hydrogen-bond acceptors (Lipinski definition) is 5. The number of nitrogens with zero attached hydrogens (tertiary/aromatic N) is 1. The summed E-state index contributed by atoms with van der Waals surface area (Å²) in [7, 11) is 1.53. The Hall–Kier alpha value is -2.60. The summed E-state index contributed by atoms with van der Waals surface area (Å²) in [6.45, 7) is 0.311. The molecular formula is C16H16ClN2O4-. The molecule has 1 aromatic heterocycles. The molecule has 0 atom stereocenters. The molecule has 0 radical (unpaired) electrons. The second-order valence-electron chi connectivity index (χ2n) is 4.37. The molecule has 7 heteroatoms. The lowest BCUT2D eigenvalue weighted by atomic mass is 10.2. The fourth-order valence-electron chi connectivity index (χ4n) is 1.74. The van der Waals surface area contributed by atoms with Gasteiger partial charge >= 0.3 is 5.97 Å². The smallest absolute Gasteiger partial charge is 0.338 e. The maximum atomic E-state index is 11.8. The van der Waals surface area contributed by atoms with Gasteiger partial charge in [-0.2, -0.15) is 0 Å². The van der Waals surface area contributed by atoms with Crippen LogP contribution in [0, 0.1) is 0 Å². The zero-order valence-corrected chi connectivity index (χ0v) is 13.2. The third-order valence-corrected chi connectivity index (χ3v) is 2.85. The van der Waals surface area contributed by atoms with Crippen LogP contribution in [0.15, 0.2) is 48.8 Å². The standard InChI is InChI=1S/C16H16N2O4.ClH/c1-21-14-6-2-4-12(10-14)16(20)22-9-8-18-15(19)13-5-3-7-17-11-13;/h2-7,10-11H,8-9H2,1H3,(H,18,19);1H/p-1. The number of esters is 1. The van der Waals surface area contributed by atoms with Crippen LogP contribution >= 0.6 is 0 Å². The first-order chi connectivity index (χ1) is 10.7. The minimum Gasteiger partial charge on any atom is -1.00 e. The van der Waals surface area contributed by atoms with Crippen molar-refractivity contribution >= 4 is 11.9 Å². The average Bonchev–Trinajstić information content (AvgIpc) is 2.59. The van der Waals surface area contributed by atoms with Gasteiger partial charge in [-0.1, -0.05) is 6.07 Å². The van der Waals surface area contributed by atoms with Crippen LogP contribution in [0.2, 0.25) is 0 Å². The van der Waals surface area contributed by atoms with Gasteiger partial charge in [0, 0.05) is 12.4 Å². The lowest BCUT2D eigenvalue weighted by molar-refractivity contribution is -0.0000286. The summed E-state index contributed by atoms with van der Waals surface area (Å²) >= 11 is 0. The van der Waals surface area contributed by atoms with Gasteiger partial charge in [-0.05, 0) is 30.3 Å². The van der Waals surface area contributed by atoms with Gasteiger partial charge < -0.3 is 27.2 Å². The van der Waals surface area contributed by atoms with E-state index in [1.165, 1.54) is 13.3 Å². The van der Waals surface area contributed by atoms with Crippen LogP contribution < -0.4 is 22.5 Å². The van der Waals surface area contributed by atoms with E-state index in [4.69, 9.17) is 9.47 Å². The molecule has 1 aromatic carbocycles. The van der Waals surface area contributed by atoms with E-state index in [1.54, 1.807) is 42.6 Å². The lowest BCUT2D eigenvalue weighted by Gasteiger charge is -2.07. The monoisotopic (exact) mass is 335 g/mol. The minimum absolute atomic E-state index is 0. The summed E-state index contributed by atoms with van der Waals surface area (Å²) in [5, 5.41) is 2.65. The highest BCUT2D eigenvalue weighted by Crippen LogP contribution is 2.13. The molecule has 2 rings (SSSR count). The first-order valence-corrected chi connectivity index (χ1v) is 6.70. The number of ether oxygens (including phenoxy) is 2. The van der Waals surface area contributed by atoms with Crippen LogP contribution in [0.25, 0.3) is 0 Å². The van der Waals surface area contributed by atoms with E-state index >= 15 is 0 Å². The molecule has 0 aliphatic rings. The molecule has 1 heterocycles. The number of benzene rings is 1. The molecule has 0 saturated carbocycles. The Kier molecular flexibility index (Phi) is 7.56. The molecule has 0 aliphatic carbocycles. The zero-order chi connectivity index (χ0) is 15.8. The average molecular weight is 336 g/mol. The van der Waals surface area contributed by atoms with Gasteiger partial charge in [0.1, 0.15) is 12.4 Å². The topological polar surface area (TPSA) is 77.5 Å². The third-order valence-electron chi connectivity index (χ3n) is 2.85. The van der Waals surface area contributed by atoms with E-state index in [1.807, 2.05) is 0 Å². The summed E-state index contributed by atoms with van der Waals surface area (Å²) in [6, 6.07) is 10.0. The predicted molar refractivity (Wildman–Crippen MR) is 79.8 cm³/mol. The van der Waals surface area contributed by atoms with Crippen LogP contribution in [0.5, 0.6) is 5.75 Å². The molecule has 122 valence electrons. The lowest BCUT2D eigenvalue weighted by Crippen LogP contribution is -3.00. The number of amides is 1. The van der Waals surface area contributed by atoms with Gasteiger partial charge in [-0.3, -0.25) is 9.78 Å². The predicted octanol–water partition coefficient (Wildman–Crippen LogP) is -1.32. The van der Waals surface area contributed by atoms with Crippen LogP contribution in [0.3, 0.4) is 0 Å². The maximum absolute atomic E-state index is 11.8. The molecule has 0 fully saturated rings. The second kappa shape index (κ2) is 9.42. The van der Waals surface area contributed by atoms with E-state index in [0.717, 1.165) is 0 Å². The summed E-state index contributed by atoms with van der Waals surface area (Å²) in [4.78, 5) is 27.4. The van der Waals surface area contributed by atoms with Crippen molar-refractivity contribution in [1.82, 2.24) is 10.3 Å². The Balaban J connectivity index is 0.00000264. The number of rotatable bonds is 6. The van der Waals surface area contributed by atoms with E-state index in [-0.39, 0.29) is 31.5 Å². The molecule has 0 unspecified atom stereocenters. The third kappa shape index (κ3) is 5.60. The fraction of sp³-hybridized carbons (Fsp3) is 0.188. The molecule has 6 nitrogen and oxygen atoms in total. The second-order valence-corrected chi connectivity index (χ2v) is 4.37. The highest BCUT2D eigenvalue weighted by molar-refractivity contribution is 5.93. The van der Waals surface area contributed by atoms with Crippen molar-refractivity contribution in [2.45, 2.75) is 0 Å². The van der Waals surface area contributed by atoms with Crippen LogP contribution in [-0.4, -0.2) is 37.1 Å². The Labute approximate surface area is 140 Å². The van der Waals surface area contributed by atoms with Gasteiger partial charge in [0.25, 0.3) is 5.91 Å². The molecule has 0 aliphatic heterocycles. The van der Waals surface area contributed by atoms with Crippen LogP contribution in [-0.2, 0) is 4.74 Å². The quantitative estimate of drug-likeness (QED) is 0.523. The number of methoxy groups -OCH3 is 1. The molecule has 23 heavy (non-hydrogen) atoms. The number of carbonyl (C=O) groups excluding carboxylic acids is 2. The SMILES string of the molecule is COc1cccc(C(=O)OCCNC(=O)c2cccnc2)c1.[Cl-]. The van der Waals surface area contributed by atoms with Gasteiger partial charge in [-0.25, -0.2) is 4.79 Å². The van der Waals surface area contributed by atoms with E-state index in [2.05, 4.69) is 10.3 Å². The normalized spacial score (nSPS) is 9.43. The number of pyridine rings is 1. The molecule has 0 saturated heterocycles. The fourth-order valence-corrected chi connectivity index (χ4v) is 1.74. The Morgan fingerprint density at radius 1 is 1.17 bits per heavy atom. The van der Waals surface area contributed by atoms with Gasteiger partial charge in [0.2, 0.25) is 0 Å². The van der Waals surface area contributed by atoms with Gasteiger partial charge in [0.05, 0.1) is 24.8 Å². The molecule has 0 bridgehead atoms. The number of nitrogens with one attached hydrogen (secondary N) is 1. The van der Waals surface area contributed by atoms with Crippen molar-refractivity contribution in [3.05, 3.63) is 59.9 Å². The summed E-state index contributed by atoms with van der Waals surface area (Å²) < 4.78 is 10.1. The largest absolute Gasteiger partial charge is 1.00 e. The first-order valence-electron chi connectivity index (χ1n) is 6.70.